The Balaban J connectivity index is 1.50. The second kappa shape index (κ2) is 9.01. The fourth-order valence-corrected chi connectivity index (χ4v) is 3.56. The van der Waals surface area contributed by atoms with E-state index in [9.17, 15) is 14.4 Å². The lowest BCUT2D eigenvalue weighted by Crippen LogP contribution is -2.34. The third-order valence-corrected chi connectivity index (χ3v) is 5.20. The van der Waals surface area contributed by atoms with Crippen LogP contribution in [0.2, 0.25) is 0 Å². The van der Waals surface area contributed by atoms with E-state index in [1.165, 1.54) is 7.11 Å². The molecule has 7 heteroatoms. The van der Waals surface area contributed by atoms with Crippen molar-refractivity contribution in [3.8, 4) is 0 Å². The summed E-state index contributed by atoms with van der Waals surface area (Å²) in [4.78, 5) is 37.8. The van der Waals surface area contributed by atoms with Gasteiger partial charge in [0.15, 0.2) is 0 Å². The van der Waals surface area contributed by atoms with Gasteiger partial charge < -0.3 is 15.0 Å². The fraction of sp³-hybridized carbons (Fsp3) is 0.286. The van der Waals surface area contributed by atoms with Gasteiger partial charge in [0.25, 0.3) is 0 Å². The highest BCUT2D eigenvalue weighted by Crippen LogP contribution is 2.27. The van der Waals surface area contributed by atoms with E-state index in [0.717, 1.165) is 15.7 Å². The first kappa shape index (κ1) is 20.1. The van der Waals surface area contributed by atoms with Gasteiger partial charge in [0.05, 0.1) is 18.6 Å². The predicted octanol–water partition coefficient (Wildman–Crippen LogP) is 2.95. The minimum Gasteiger partial charge on any atom is -0.465 e. The Morgan fingerprint density at radius 3 is 2.64 bits per heavy atom. The third-order valence-electron chi connectivity index (χ3n) is 4.70. The van der Waals surface area contributed by atoms with Crippen molar-refractivity contribution in [1.29, 1.82) is 0 Å². The van der Waals surface area contributed by atoms with E-state index in [2.05, 4.69) is 26.0 Å². The summed E-state index contributed by atoms with van der Waals surface area (Å²) in [6.07, 6.45) is 0.857. The van der Waals surface area contributed by atoms with Gasteiger partial charge in [0.2, 0.25) is 11.8 Å². The van der Waals surface area contributed by atoms with Crippen molar-refractivity contribution in [1.82, 2.24) is 5.32 Å². The number of hydrogen-bond acceptors (Lipinski definition) is 4. The smallest absolute Gasteiger partial charge is 0.337 e. The summed E-state index contributed by atoms with van der Waals surface area (Å²) in [6, 6.07) is 14.6. The summed E-state index contributed by atoms with van der Waals surface area (Å²) in [6.45, 7) is 0.854. The first-order chi connectivity index (χ1) is 13.5. The Kier molecular flexibility index (Phi) is 6.46. The monoisotopic (exact) mass is 444 g/mol. The summed E-state index contributed by atoms with van der Waals surface area (Å²) < 4.78 is 5.56. The van der Waals surface area contributed by atoms with Crippen molar-refractivity contribution < 1.29 is 19.1 Å². The van der Waals surface area contributed by atoms with Crippen molar-refractivity contribution >= 4 is 39.4 Å². The lowest BCUT2D eigenvalue weighted by molar-refractivity contribution is -0.126. The highest BCUT2D eigenvalue weighted by atomic mass is 79.9. The van der Waals surface area contributed by atoms with Crippen molar-refractivity contribution in [2.24, 2.45) is 5.92 Å². The SMILES string of the molecule is COC(=O)c1ccc(CCNC(=O)C2CC(=O)N(c3cccc(Br)c3)C2)cc1. The summed E-state index contributed by atoms with van der Waals surface area (Å²) in [5, 5.41) is 2.91. The van der Waals surface area contributed by atoms with Gasteiger partial charge in [0, 0.05) is 29.7 Å². The number of nitrogens with one attached hydrogen (secondary N) is 1. The van der Waals surface area contributed by atoms with Crippen molar-refractivity contribution in [3.63, 3.8) is 0 Å². The van der Waals surface area contributed by atoms with Crippen LogP contribution in [-0.2, 0) is 20.7 Å². The molecule has 1 fully saturated rings. The lowest BCUT2D eigenvalue weighted by Gasteiger charge is -2.17. The quantitative estimate of drug-likeness (QED) is 0.694. The maximum absolute atomic E-state index is 12.4. The van der Waals surface area contributed by atoms with Gasteiger partial charge in [-0.15, -0.1) is 0 Å². The van der Waals surface area contributed by atoms with Gasteiger partial charge in [-0.1, -0.05) is 34.1 Å². The topological polar surface area (TPSA) is 75.7 Å². The van der Waals surface area contributed by atoms with Gasteiger partial charge in [-0.2, -0.15) is 0 Å². The molecule has 2 aromatic rings. The zero-order chi connectivity index (χ0) is 20.1. The molecule has 2 aromatic carbocycles. The van der Waals surface area contributed by atoms with Crippen molar-refractivity contribution in [2.45, 2.75) is 12.8 Å². The molecule has 0 radical (unpaired) electrons. The molecule has 1 N–H and O–H groups in total. The van der Waals surface area contributed by atoms with Crippen LogP contribution in [-0.4, -0.2) is 38.0 Å². The van der Waals surface area contributed by atoms with Crippen LogP contribution in [0, 0.1) is 5.92 Å². The molecule has 0 aliphatic carbocycles. The molecule has 1 aliphatic heterocycles. The number of amides is 2. The van der Waals surface area contributed by atoms with Crippen LogP contribution >= 0.6 is 15.9 Å². The number of rotatable bonds is 6. The maximum Gasteiger partial charge on any atom is 0.337 e. The molecule has 1 saturated heterocycles. The summed E-state index contributed by atoms with van der Waals surface area (Å²) in [7, 11) is 1.34. The molecule has 1 unspecified atom stereocenters. The van der Waals surface area contributed by atoms with E-state index >= 15 is 0 Å². The Hall–Kier alpha value is -2.67. The minimum absolute atomic E-state index is 0.0448. The molecule has 6 nitrogen and oxygen atoms in total. The summed E-state index contributed by atoms with van der Waals surface area (Å²) in [5.41, 5.74) is 2.29. The molecule has 0 spiro atoms. The number of carbonyl (C=O) groups excluding carboxylic acids is 3. The highest BCUT2D eigenvalue weighted by Gasteiger charge is 2.34. The van der Waals surface area contributed by atoms with E-state index in [0.29, 0.717) is 25.1 Å². The Labute approximate surface area is 172 Å². The van der Waals surface area contributed by atoms with E-state index in [1.807, 2.05) is 36.4 Å². The van der Waals surface area contributed by atoms with Crippen LogP contribution in [0.25, 0.3) is 0 Å². The molecule has 0 saturated carbocycles. The van der Waals surface area contributed by atoms with Crippen molar-refractivity contribution in [2.75, 3.05) is 25.1 Å². The Morgan fingerprint density at radius 2 is 1.96 bits per heavy atom. The number of hydrogen-bond donors (Lipinski definition) is 1. The van der Waals surface area contributed by atoms with Crippen LogP contribution in [0.5, 0.6) is 0 Å². The average Bonchev–Trinajstić information content (AvgIpc) is 3.09. The van der Waals surface area contributed by atoms with Crippen LogP contribution in [0.15, 0.2) is 53.0 Å². The highest BCUT2D eigenvalue weighted by molar-refractivity contribution is 9.10. The first-order valence-corrected chi connectivity index (χ1v) is 9.78. The fourth-order valence-electron chi connectivity index (χ4n) is 3.18. The second-order valence-corrected chi connectivity index (χ2v) is 7.53. The summed E-state index contributed by atoms with van der Waals surface area (Å²) >= 11 is 3.40. The number of carbonyl (C=O) groups is 3. The molecular weight excluding hydrogens is 424 g/mol. The normalized spacial score (nSPS) is 16.1. The van der Waals surface area contributed by atoms with Crippen molar-refractivity contribution in [3.05, 3.63) is 64.1 Å². The molecule has 28 heavy (non-hydrogen) atoms. The summed E-state index contributed by atoms with van der Waals surface area (Å²) in [5.74, 6) is -0.886. The molecule has 1 aliphatic rings. The van der Waals surface area contributed by atoms with Crippen LogP contribution in [0.4, 0.5) is 5.69 Å². The molecule has 2 amide bonds. The standard InChI is InChI=1S/C21H21BrN2O4/c1-28-21(27)15-7-5-14(6-8-15)9-10-23-20(26)16-11-19(25)24(13-16)18-4-2-3-17(22)12-18/h2-8,12,16H,9-11,13H2,1H3,(H,23,26). The number of benzene rings is 2. The number of methoxy groups -OCH3 is 1. The van der Waals surface area contributed by atoms with E-state index in [1.54, 1.807) is 17.0 Å². The number of halogens is 1. The van der Waals surface area contributed by atoms with Gasteiger partial charge in [-0.05, 0) is 42.3 Å². The lowest BCUT2D eigenvalue weighted by atomic mass is 10.1. The molecule has 1 atom stereocenters. The Morgan fingerprint density at radius 1 is 1.21 bits per heavy atom. The number of nitrogens with zero attached hydrogens (tertiary/aromatic N) is 1. The molecule has 0 aromatic heterocycles. The maximum atomic E-state index is 12.4. The van der Waals surface area contributed by atoms with E-state index in [4.69, 9.17) is 0 Å². The number of ether oxygens (including phenoxy) is 1. The minimum atomic E-state index is -0.374. The van der Waals surface area contributed by atoms with Gasteiger partial charge in [-0.3, -0.25) is 9.59 Å². The van der Waals surface area contributed by atoms with Crippen LogP contribution in [0.1, 0.15) is 22.3 Å². The number of esters is 1. The van der Waals surface area contributed by atoms with Gasteiger partial charge >= 0.3 is 5.97 Å². The zero-order valence-corrected chi connectivity index (χ0v) is 17.1. The zero-order valence-electron chi connectivity index (χ0n) is 15.5. The van der Waals surface area contributed by atoms with Crippen LogP contribution < -0.4 is 10.2 Å². The van der Waals surface area contributed by atoms with Crippen LogP contribution in [0.3, 0.4) is 0 Å². The van der Waals surface area contributed by atoms with E-state index in [-0.39, 0.29) is 30.1 Å². The molecule has 1 heterocycles. The molecule has 0 bridgehead atoms. The predicted molar refractivity (Wildman–Crippen MR) is 109 cm³/mol. The van der Waals surface area contributed by atoms with E-state index < -0.39 is 0 Å². The molecular formula is C21H21BrN2O4. The molecule has 3 rings (SSSR count). The Bertz CT molecular complexity index is 882. The molecule has 146 valence electrons. The largest absolute Gasteiger partial charge is 0.465 e. The second-order valence-electron chi connectivity index (χ2n) is 6.61. The average molecular weight is 445 g/mol. The number of anilines is 1. The van der Waals surface area contributed by atoms with Gasteiger partial charge in [-0.25, -0.2) is 4.79 Å². The first-order valence-electron chi connectivity index (χ1n) is 8.99. The third kappa shape index (κ3) is 4.78. The van der Waals surface area contributed by atoms with Gasteiger partial charge in [0.1, 0.15) is 0 Å².